The van der Waals surface area contributed by atoms with Crippen LogP contribution in [0, 0.1) is 0 Å². The molecule has 0 amide bonds. The molecule has 0 radical (unpaired) electrons. The van der Waals surface area contributed by atoms with Gasteiger partial charge in [0.25, 0.3) is 0 Å². The van der Waals surface area contributed by atoms with Crippen LogP contribution in [0.4, 0.5) is 0 Å². The Morgan fingerprint density at radius 3 is 2.44 bits per heavy atom. The van der Waals surface area contributed by atoms with Crippen molar-refractivity contribution in [2.45, 2.75) is 50.7 Å². The van der Waals surface area contributed by atoms with Gasteiger partial charge in [-0.2, -0.15) is 0 Å². The van der Waals surface area contributed by atoms with E-state index >= 15 is 0 Å². The smallest absolute Gasteiger partial charge is 0.192 e. The van der Waals surface area contributed by atoms with Crippen molar-refractivity contribution in [1.29, 1.82) is 0 Å². The summed E-state index contributed by atoms with van der Waals surface area (Å²) in [5, 5.41) is 1.38. The average Bonchev–Trinajstić information content (AvgIpc) is 2.25. The van der Waals surface area contributed by atoms with E-state index in [0.717, 1.165) is 5.56 Å². The minimum absolute atomic E-state index is 0.194. The SMILES string of the molecule is CSc1ncc(CO[Si](C)(C)C(C)(C)C)c(Cl)n1. The van der Waals surface area contributed by atoms with Crippen molar-refractivity contribution < 1.29 is 4.43 Å². The van der Waals surface area contributed by atoms with Crippen molar-refractivity contribution in [2.75, 3.05) is 6.26 Å². The molecule has 6 heteroatoms. The van der Waals surface area contributed by atoms with Crippen molar-refractivity contribution in [3.05, 3.63) is 16.9 Å². The molecule has 0 bridgehead atoms. The lowest BCUT2D eigenvalue weighted by atomic mass is 10.2. The second kappa shape index (κ2) is 5.90. The number of hydrogen-bond donors (Lipinski definition) is 0. The van der Waals surface area contributed by atoms with Crippen molar-refractivity contribution in [3.8, 4) is 0 Å². The molecule has 0 saturated heterocycles. The van der Waals surface area contributed by atoms with Crippen molar-refractivity contribution >= 4 is 31.7 Å². The van der Waals surface area contributed by atoms with Crippen molar-refractivity contribution in [3.63, 3.8) is 0 Å². The number of halogens is 1. The lowest BCUT2D eigenvalue weighted by Crippen LogP contribution is -2.40. The first-order chi connectivity index (χ1) is 8.17. The molecule has 0 aliphatic carbocycles. The van der Waals surface area contributed by atoms with E-state index in [1.54, 1.807) is 6.20 Å². The third-order valence-electron chi connectivity index (χ3n) is 3.37. The molecule has 102 valence electrons. The van der Waals surface area contributed by atoms with Gasteiger partial charge in [0.15, 0.2) is 13.5 Å². The monoisotopic (exact) mass is 304 g/mol. The summed E-state index contributed by atoms with van der Waals surface area (Å²) in [6.45, 7) is 11.6. The molecular weight excluding hydrogens is 284 g/mol. The van der Waals surface area contributed by atoms with Crippen LogP contribution in [0.1, 0.15) is 26.3 Å². The van der Waals surface area contributed by atoms with E-state index in [-0.39, 0.29) is 5.04 Å². The number of aromatic nitrogens is 2. The van der Waals surface area contributed by atoms with E-state index in [1.807, 2.05) is 6.26 Å². The van der Waals surface area contributed by atoms with Crippen LogP contribution in [0.5, 0.6) is 0 Å². The van der Waals surface area contributed by atoms with Crippen LogP contribution in [-0.2, 0) is 11.0 Å². The van der Waals surface area contributed by atoms with Gasteiger partial charge in [-0.1, -0.05) is 44.1 Å². The molecule has 1 rings (SSSR count). The van der Waals surface area contributed by atoms with Crippen LogP contribution < -0.4 is 0 Å². The molecule has 0 spiro atoms. The molecule has 0 aliphatic heterocycles. The zero-order valence-electron chi connectivity index (χ0n) is 11.9. The van der Waals surface area contributed by atoms with Gasteiger partial charge in [0.2, 0.25) is 0 Å². The second-order valence-corrected chi connectivity index (χ2v) is 11.7. The van der Waals surface area contributed by atoms with E-state index in [2.05, 4.69) is 43.8 Å². The average molecular weight is 305 g/mol. The Bertz CT molecular complexity index is 421. The van der Waals surface area contributed by atoms with Gasteiger partial charge in [0.05, 0.1) is 6.61 Å². The summed E-state index contributed by atoms with van der Waals surface area (Å²) in [6, 6.07) is 0. The predicted molar refractivity (Wildman–Crippen MR) is 80.8 cm³/mol. The zero-order chi connectivity index (χ0) is 14.0. The second-order valence-electron chi connectivity index (χ2n) is 5.72. The zero-order valence-corrected chi connectivity index (χ0v) is 14.4. The molecule has 1 aromatic heterocycles. The van der Waals surface area contributed by atoms with Gasteiger partial charge in [-0.25, -0.2) is 9.97 Å². The standard InChI is InChI=1S/C12H21ClN2OSSi/c1-12(2,3)18(5,6)16-8-9-7-14-11(17-4)15-10(9)13/h7H,8H2,1-6H3. The van der Waals surface area contributed by atoms with Gasteiger partial charge < -0.3 is 4.43 Å². The fourth-order valence-corrected chi connectivity index (χ4v) is 2.56. The lowest BCUT2D eigenvalue weighted by molar-refractivity contribution is 0.275. The van der Waals surface area contributed by atoms with Gasteiger partial charge in [0.1, 0.15) is 5.15 Å². The van der Waals surface area contributed by atoms with Gasteiger partial charge in [-0.3, -0.25) is 0 Å². The third kappa shape index (κ3) is 3.95. The molecule has 0 N–H and O–H groups in total. The van der Waals surface area contributed by atoms with Crippen molar-refractivity contribution in [1.82, 2.24) is 9.97 Å². The highest BCUT2D eigenvalue weighted by molar-refractivity contribution is 7.98. The normalized spacial score (nSPS) is 12.8. The molecule has 0 atom stereocenters. The maximum Gasteiger partial charge on any atom is 0.192 e. The van der Waals surface area contributed by atoms with Gasteiger partial charge in [-0.05, 0) is 24.4 Å². The molecule has 1 aromatic rings. The highest BCUT2D eigenvalue weighted by atomic mass is 35.5. The van der Waals surface area contributed by atoms with E-state index in [9.17, 15) is 0 Å². The quantitative estimate of drug-likeness (QED) is 0.358. The summed E-state index contributed by atoms with van der Waals surface area (Å²) in [4.78, 5) is 8.43. The van der Waals surface area contributed by atoms with Crippen LogP contribution in [-0.4, -0.2) is 24.5 Å². The Morgan fingerprint density at radius 2 is 2.00 bits per heavy atom. The Morgan fingerprint density at radius 1 is 1.39 bits per heavy atom. The Kier molecular flexibility index (Phi) is 5.23. The topological polar surface area (TPSA) is 35.0 Å². The first-order valence-corrected chi connectivity index (χ1v) is 10.4. The van der Waals surface area contributed by atoms with Crippen LogP contribution in [0.15, 0.2) is 11.4 Å². The van der Waals surface area contributed by atoms with Crippen molar-refractivity contribution in [2.24, 2.45) is 0 Å². The van der Waals surface area contributed by atoms with E-state index < -0.39 is 8.32 Å². The summed E-state index contributed by atoms with van der Waals surface area (Å²) in [5.74, 6) is 0. The van der Waals surface area contributed by atoms with Crippen LogP contribution >= 0.6 is 23.4 Å². The minimum atomic E-state index is -1.75. The number of thioether (sulfide) groups is 1. The number of hydrogen-bond acceptors (Lipinski definition) is 4. The molecule has 18 heavy (non-hydrogen) atoms. The summed E-state index contributed by atoms with van der Waals surface area (Å²) >= 11 is 7.60. The van der Waals surface area contributed by atoms with Gasteiger partial charge >= 0.3 is 0 Å². The molecule has 0 unspecified atom stereocenters. The number of nitrogens with zero attached hydrogens (tertiary/aromatic N) is 2. The molecule has 0 aliphatic rings. The number of rotatable bonds is 4. The fraction of sp³-hybridized carbons (Fsp3) is 0.667. The van der Waals surface area contributed by atoms with E-state index in [1.165, 1.54) is 11.8 Å². The molecule has 1 heterocycles. The maximum absolute atomic E-state index is 6.12. The van der Waals surface area contributed by atoms with Crippen LogP contribution in [0.25, 0.3) is 0 Å². The molecule has 0 saturated carbocycles. The van der Waals surface area contributed by atoms with Gasteiger partial charge in [-0.15, -0.1) is 0 Å². The van der Waals surface area contributed by atoms with Crippen LogP contribution in [0.2, 0.25) is 23.3 Å². The van der Waals surface area contributed by atoms with E-state index in [4.69, 9.17) is 16.0 Å². The minimum Gasteiger partial charge on any atom is -0.412 e. The first kappa shape index (κ1) is 16.0. The highest BCUT2D eigenvalue weighted by Crippen LogP contribution is 2.37. The van der Waals surface area contributed by atoms with E-state index in [0.29, 0.717) is 16.9 Å². The molecule has 3 nitrogen and oxygen atoms in total. The summed E-state index contributed by atoms with van der Waals surface area (Å²) < 4.78 is 6.10. The van der Waals surface area contributed by atoms with Gasteiger partial charge in [0, 0.05) is 11.8 Å². The maximum atomic E-state index is 6.12. The Hall–Kier alpha value is -0.103. The largest absolute Gasteiger partial charge is 0.412 e. The molecule has 0 fully saturated rings. The Balaban J connectivity index is 2.75. The summed E-state index contributed by atoms with van der Waals surface area (Å²) in [5.41, 5.74) is 0.860. The first-order valence-electron chi connectivity index (χ1n) is 5.87. The molecular formula is C12H21ClN2OSSi. The molecule has 0 aromatic carbocycles. The summed E-state index contributed by atoms with van der Waals surface area (Å²) in [6.07, 6.45) is 3.69. The fourth-order valence-electron chi connectivity index (χ4n) is 1.04. The van der Waals surface area contributed by atoms with Crippen LogP contribution in [0.3, 0.4) is 0 Å². The summed E-state index contributed by atoms with van der Waals surface area (Å²) in [7, 11) is -1.75. The lowest BCUT2D eigenvalue weighted by Gasteiger charge is -2.36. The predicted octanol–water partition coefficient (Wildman–Crippen LogP) is 4.37. The third-order valence-corrected chi connectivity index (χ3v) is 8.73. The highest BCUT2D eigenvalue weighted by Gasteiger charge is 2.37. The Labute approximate surface area is 120 Å².